The molecule has 2 aliphatic rings. The van der Waals surface area contributed by atoms with E-state index in [1.54, 1.807) is 47.6 Å². The molecule has 0 saturated carbocycles. The fourth-order valence-electron chi connectivity index (χ4n) is 4.66. The molecule has 186 valence electrons. The van der Waals surface area contributed by atoms with Gasteiger partial charge in [0.25, 0.3) is 11.8 Å². The van der Waals surface area contributed by atoms with Crippen LogP contribution in [0.4, 0.5) is 0 Å². The number of fused-ring (bicyclic) bond motifs is 1. The van der Waals surface area contributed by atoms with E-state index in [1.165, 1.54) is 12.0 Å². The summed E-state index contributed by atoms with van der Waals surface area (Å²) in [5.41, 5.74) is 3.09. The molecule has 2 aromatic rings. The Morgan fingerprint density at radius 3 is 2.77 bits per heavy atom. The third kappa shape index (κ3) is 5.53. The van der Waals surface area contributed by atoms with Crippen LogP contribution in [0.3, 0.4) is 0 Å². The Labute approximate surface area is 206 Å². The maximum absolute atomic E-state index is 13.6. The first-order chi connectivity index (χ1) is 16.9. The van der Waals surface area contributed by atoms with Crippen molar-refractivity contribution < 1.29 is 19.4 Å². The number of aliphatic hydroxyl groups is 1. The lowest BCUT2D eigenvalue weighted by Crippen LogP contribution is -2.50. The summed E-state index contributed by atoms with van der Waals surface area (Å²) in [5, 5.41) is 9.86. The summed E-state index contributed by atoms with van der Waals surface area (Å²) in [7, 11) is 1.74. The fourth-order valence-corrected chi connectivity index (χ4v) is 4.66. The number of likely N-dealkylation sites (N-methyl/N-ethyl adjacent to an activating group) is 1. The van der Waals surface area contributed by atoms with Crippen LogP contribution in [0.5, 0.6) is 5.88 Å². The Hall–Kier alpha value is -3.26. The van der Waals surface area contributed by atoms with Crippen LogP contribution in [0.25, 0.3) is 5.57 Å². The summed E-state index contributed by atoms with van der Waals surface area (Å²) < 4.78 is 6.33. The maximum atomic E-state index is 13.6. The molecule has 0 bridgehead atoms. The lowest BCUT2D eigenvalue weighted by atomic mass is 9.93. The predicted molar refractivity (Wildman–Crippen MR) is 133 cm³/mol. The second-order valence-electron chi connectivity index (χ2n) is 9.60. The zero-order chi connectivity index (χ0) is 24.9. The van der Waals surface area contributed by atoms with Crippen molar-refractivity contribution in [2.24, 2.45) is 5.92 Å². The molecule has 3 heterocycles. The molecule has 8 nitrogen and oxygen atoms in total. The van der Waals surface area contributed by atoms with E-state index in [4.69, 9.17) is 4.74 Å². The van der Waals surface area contributed by atoms with Crippen LogP contribution in [0, 0.1) is 5.92 Å². The van der Waals surface area contributed by atoms with Crippen LogP contribution in [-0.2, 0) is 0 Å². The number of amides is 2. The molecule has 3 atom stereocenters. The quantitative estimate of drug-likeness (QED) is 0.684. The number of carbonyl (C=O) groups excluding carboxylic acids is 2. The van der Waals surface area contributed by atoms with Crippen LogP contribution in [0.2, 0.25) is 0 Å². The number of rotatable bonds is 6. The Kier molecular flexibility index (Phi) is 7.80. The standard InChI is InChI=1S/C27H34N4O4/c1-18-15-31(19(2)17-32)27(34)23-13-22(20-7-5-4-6-8-20)14-29-25(23)35-24(18)16-30(3)26(33)21-9-11-28-12-10-21/h7,9-14,18-19,24,32H,4-6,8,15-17H2,1-3H3/t18-,19-,24-/m0/s1. The van der Waals surface area contributed by atoms with Gasteiger partial charge in [0.15, 0.2) is 0 Å². The molecule has 35 heavy (non-hydrogen) atoms. The topological polar surface area (TPSA) is 95.9 Å². The minimum absolute atomic E-state index is 0.101. The molecule has 1 aliphatic carbocycles. The van der Waals surface area contributed by atoms with Crippen molar-refractivity contribution in [2.45, 2.75) is 51.7 Å². The largest absolute Gasteiger partial charge is 0.472 e. The van der Waals surface area contributed by atoms with Crippen LogP contribution in [-0.4, -0.2) is 75.6 Å². The van der Waals surface area contributed by atoms with Crippen LogP contribution in [0.15, 0.2) is 42.9 Å². The monoisotopic (exact) mass is 478 g/mol. The lowest BCUT2D eigenvalue weighted by molar-refractivity contribution is 0.0313. The molecule has 0 fully saturated rings. The summed E-state index contributed by atoms with van der Waals surface area (Å²) in [6.45, 7) is 4.41. The van der Waals surface area contributed by atoms with Gasteiger partial charge in [-0.2, -0.15) is 0 Å². The average Bonchev–Trinajstić information content (AvgIpc) is 2.90. The highest BCUT2D eigenvalue weighted by Crippen LogP contribution is 2.32. The molecule has 2 amide bonds. The van der Waals surface area contributed by atoms with Crippen molar-refractivity contribution in [1.29, 1.82) is 0 Å². The number of aromatic nitrogens is 2. The van der Waals surface area contributed by atoms with Gasteiger partial charge in [0.2, 0.25) is 5.88 Å². The first-order valence-electron chi connectivity index (χ1n) is 12.3. The minimum Gasteiger partial charge on any atom is -0.472 e. The van der Waals surface area contributed by atoms with Crippen LogP contribution >= 0.6 is 0 Å². The number of carbonyl (C=O) groups is 2. The van der Waals surface area contributed by atoms with Crippen molar-refractivity contribution in [2.75, 3.05) is 26.7 Å². The van der Waals surface area contributed by atoms with E-state index in [1.807, 2.05) is 19.9 Å². The highest BCUT2D eigenvalue weighted by Gasteiger charge is 2.35. The summed E-state index contributed by atoms with van der Waals surface area (Å²) >= 11 is 0. The highest BCUT2D eigenvalue weighted by atomic mass is 16.5. The lowest BCUT2D eigenvalue weighted by Gasteiger charge is -2.37. The third-order valence-corrected chi connectivity index (χ3v) is 6.91. The number of pyridine rings is 2. The van der Waals surface area contributed by atoms with Crippen molar-refractivity contribution in [3.8, 4) is 5.88 Å². The van der Waals surface area contributed by atoms with E-state index in [0.29, 0.717) is 24.2 Å². The first kappa shape index (κ1) is 24.9. The molecule has 2 aromatic heterocycles. The fraction of sp³-hybridized carbons (Fsp3) is 0.481. The van der Waals surface area contributed by atoms with Crippen LogP contribution in [0.1, 0.15) is 65.8 Å². The normalized spacial score (nSPS) is 21.2. The predicted octanol–water partition coefficient (Wildman–Crippen LogP) is 3.43. The molecule has 1 N–H and O–H groups in total. The second-order valence-corrected chi connectivity index (χ2v) is 9.60. The number of allylic oxidation sites excluding steroid dienone is 2. The van der Waals surface area contributed by atoms with Gasteiger partial charge in [-0.3, -0.25) is 14.6 Å². The van der Waals surface area contributed by atoms with Gasteiger partial charge in [-0.25, -0.2) is 4.98 Å². The van der Waals surface area contributed by atoms with E-state index in [9.17, 15) is 14.7 Å². The van der Waals surface area contributed by atoms with Crippen LogP contribution < -0.4 is 4.74 Å². The molecule has 0 aromatic carbocycles. The maximum Gasteiger partial charge on any atom is 0.259 e. The van der Waals surface area contributed by atoms with E-state index in [-0.39, 0.29) is 36.3 Å². The highest BCUT2D eigenvalue weighted by molar-refractivity contribution is 5.97. The van der Waals surface area contributed by atoms with E-state index < -0.39 is 6.10 Å². The molecule has 8 heteroatoms. The van der Waals surface area contributed by atoms with Gasteiger partial charge < -0.3 is 19.6 Å². The zero-order valence-electron chi connectivity index (χ0n) is 20.7. The first-order valence-corrected chi connectivity index (χ1v) is 12.3. The molecule has 4 rings (SSSR count). The van der Waals surface area contributed by atoms with Gasteiger partial charge >= 0.3 is 0 Å². The average molecular weight is 479 g/mol. The number of aliphatic hydroxyl groups excluding tert-OH is 1. The van der Waals surface area contributed by atoms with Crippen molar-refractivity contribution in [3.05, 3.63) is 59.6 Å². The number of hydrogen-bond donors (Lipinski definition) is 1. The van der Waals surface area contributed by atoms with Gasteiger partial charge in [0, 0.05) is 43.7 Å². The summed E-state index contributed by atoms with van der Waals surface area (Å²) in [5.74, 6) is -0.156. The molecule has 0 saturated heterocycles. The van der Waals surface area contributed by atoms with Crippen molar-refractivity contribution in [3.63, 3.8) is 0 Å². The third-order valence-electron chi connectivity index (χ3n) is 6.91. The summed E-state index contributed by atoms with van der Waals surface area (Å²) in [6, 6.07) is 4.88. The Morgan fingerprint density at radius 2 is 2.09 bits per heavy atom. The van der Waals surface area contributed by atoms with Crippen molar-refractivity contribution >= 4 is 17.4 Å². The van der Waals surface area contributed by atoms with Crippen molar-refractivity contribution in [1.82, 2.24) is 19.8 Å². The molecular formula is C27H34N4O4. The number of hydrogen-bond acceptors (Lipinski definition) is 6. The molecular weight excluding hydrogens is 444 g/mol. The van der Waals surface area contributed by atoms with Gasteiger partial charge in [-0.05, 0) is 61.9 Å². The van der Waals surface area contributed by atoms with E-state index in [0.717, 1.165) is 24.8 Å². The summed E-state index contributed by atoms with van der Waals surface area (Å²) in [4.78, 5) is 38.4. The zero-order valence-corrected chi connectivity index (χ0v) is 20.7. The molecule has 0 unspecified atom stereocenters. The summed E-state index contributed by atoms with van der Waals surface area (Å²) in [6.07, 6.45) is 11.1. The minimum atomic E-state index is -0.390. The Balaban J connectivity index is 1.66. The Bertz CT molecular complexity index is 1090. The van der Waals surface area contributed by atoms with Gasteiger partial charge in [0.1, 0.15) is 11.7 Å². The molecule has 0 radical (unpaired) electrons. The van der Waals surface area contributed by atoms with Gasteiger partial charge in [0.05, 0.1) is 19.2 Å². The Morgan fingerprint density at radius 1 is 1.31 bits per heavy atom. The van der Waals surface area contributed by atoms with E-state index >= 15 is 0 Å². The molecule has 0 spiro atoms. The van der Waals surface area contributed by atoms with Gasteiger partial charge in [-0.15, -0.1) is 0 Å². The SMILES string of the molecule is C[C@H]1CN([C@@H](C)CO)C(=O)c2cc(C3=CCCCC3)cnc2O[C@H]1CN(C)C(=O)c1ccncc1. The van der Waals surface area contributed by atoms with E-state index in [2.05, 4.69) is 16.0 Å². The smallest absolute Gasteiger partial charge is 0.259 e. The number of ether oxygens (including phenoxy) is 1. The molecule has 1 aliphatic heterocycles. The number of nitrogens with zero attached hydrogens (tertiary/aromatic N) is 4. The van der Waals surface area contributed by atoms with Gasteiger partial charge in [-0.1, -0.05) is 13.0 Å². The second kappa shape index (κ2) is 11.0.